The molecule has 0 aromatic heterocycles. The molecule has 3 nitrogen and oxygen atoms in total. The Kier molecular flexibility index (Phi) is 12.0. The van der Waals surface area contributed by atoms with Crippen LogP contribution >= 0.6 is 0 Å². The van der Waals surface area contributed by atoms with Crippen LogP contribution in [0.15, 0.2) is 12.7 Å². The molecule has 1 N–H and O–H groups in total. The van der Waals surface area contributed by atoms with Crippen LogP contribution in [0.25, 0.3) is 0 Å². The van der Waals surface area contributed by atoms with Gasteiger partial charge < -0.3 is 9.84 Å². The van der Waals surface area contributed by atoms with Crippen molar-refractivity contribution in [1.82, 2.24) is 0 Å². The minimum Gasteiger partial charge on any atom is -0.463 e. The lowest BCUT2D eigenvalue weighted by atomic mass is 10.0. The normalized spacial score (nSPS) is 12.1. The van der Waals surface area contributed by atoms with Gasteiger partial charge in [0.25, 0.3) is 0 Å². The zero-order valence-corrected chi connectivity index (χ0v) is 11.7. The number of aliphatic hydroxyl groups excluding tert-OH is 1. The molecule has 0 saturated heterocycles. The average Bonchev–Trinajstić information content (AvgIpc) is 2.36. The number of carbonyl (C=O) groups is 1. The molecule has 18 heavy (non-hydrogen) atoms. The molecule has 1 atom stereocenters. The van der Waals surface area contributed by atoms with Gasteiger partial charge >= 0.3 is 5.97 Å². The zero-order chi connectivity index (χ0) is 13.6. The average molecular weight is 256 g/mol. The lowest BCUT2D eigenvalue weighted by Gasteiger charge is -2.08. The summed E-state index contributed by atoms with van der Waals surface area (Å²) in [5, 5.41) is 9.54. The van der Waals surface area contributed by atoms with E-state index >= 15 is 0 Å². The number of rotatable bonds is 12. The van der Waals surface area contributed by atoms with Gasteiger partial charge in [0.2, 0.25) is 0 Å². The quantitative estimate of drug-likeness (QED) is 0.329. The fourth-order valence-electron chi connectivity index (χ4n) is 1.90. The number of ether oxygens (including phenoxy) is 1. The molecule has 0 heterocycles. The molecular formula is C15H28O3. The van der Waals surface area contributed by atoms with Crippen molar-refractivity contribution in [1.29, 1.82) is 0 Å². The molecule has 106 valence electrons. The van der Waals surface area contributed by atoms with Crippen LogP contribution in [-0.2, 0) is 9.53 Å². The molecule has 0 spiro atoms. The van der Waals surface area contributed by atoms with Gasteiger partial charge in [0.15, 0.2) is 0 Å². The largest absolute Gasteiger partial charge is 0.463 e. The highest BCUT2D eigenvalue weighted by Gasteiger charge is 2.01. The van der Waals surface area contributed by atoms with E-state index in [1.165, 1.54) is 25.3 Å². The van der Waals surface area contributed by atoms with Gasteiger partial charge in [-0.1, -0.05) is 52.0 Å². The number of unbranched alkanes of at least 4 members (excludes halogenated alkanes) is 5. The third kappa shape index (κ3) is 11.6. The van der Waals surface area contributed by atoms with E-state index < -0.39 is 0 Å². The molecule has 0 aliphatic rings. The Morgan fingerprint density at radius 2 is 1.78 bits per heavy atom. The van der Waals surface area contributed by atoms with Crippen LogP contribution in [0, 0.1) is 0 Å². The molecule has 0 rings (SSSR count). The zero-order valence-electron chi connectivity index (χ0n) is 11.7. The first kappa shape index (κ1) is 17.2. The fraction of sp³-hybridized carbons (Fsp3) is 0.800. The molecule has 0 radical (unpaired) electrons. The first-order valence-corrected chi connectivity index (χ1v) is 7.18. The molecule has 0 amide bonds. The molecule has 3 heteroatoms. The summed E-state index contributed by atoms with van der Waals surface area (Å²) in [5.74, 6) is -0.333. The van der Waals surface area contributed by atoms with Crippen LogP contribution < -0.4 is 0 Å². The van der Waals surface area contributed by atoms with E-state index in [0.29, 0.717) is 6.61 Å². The van der Waals surface area contributed by atoms with Crippen molar-refractivity contribution >= 4 is 5.97 Å². The molecule has 0 aliphatic heterocycles. The van der Waals surface area contributed by atoms with Crippen molar-refractivity contribution in [2.75, 3.05) is 6.61 Å². The summed E-state index contributed by atoms with van der Waals surface area (Å²) >= 11 is 0. The first-order valence-electron chi connectivity index (χ1n) is 7.18. The van der Waals surface area contributed by atoms with E-state index in [-0.39, 0.29) is 12.1 Å². The molecular weight excluding hydrogens is 228 g/mol. The molecule has 0 bridgehead atoms. The number of aliphatic hydroxyl groups is 1. The van der Waals surface area contributed by atoms with Gasteiger partial charge in [-0.15, -0.1) is 0 Å². The van der Waals surface area contributed by atoms with E-state index in [0.717, 1.165) is 38.5 Å². The number of hydrogen-bond acceptors (Lipinski definition) is 3. The second kappa shape index (κ2) is 12.6. The second-order valence-electron chi connectivity index (χ2n) is 4.72. The van der Waals surface area contributed by atoms with Crippen LogP contribution in [0.3, 0.4) is 0 Å². The second-order valence-corrected chi connectivity index (χ2v) is 4.72. The van der Waals surface area contributed by atoms with E-state index in [1.807, 2.05) is 0 Å². The van der Waals surface area contributed by atoms with Gasteiger partial charge in [-0.3, -0.25) is 0 Å². The Balaban J connectivity index is 3.12. The van der Waals surface area contributed by atoms with Crippen LogP contribution in [0.4, 0.5) is 0 Å². The van der Waals surface area contributed by atoms with Crippen molar-refractivity contribution in [3.63, 3.8) is 0 Å². The topological polar surface area (TPSA) is 46.5 Å². The summed E-state index contributed by atoms with van der Waals surface area (Å²) in [5.41, 5.74) is 0. The first-order chi connectivity index (χ1) is 8.70. The Morgan fingerprint density at radius 3 is 2.39 bits per heavy atom. The summed E-state index contributed by atoms with van der Waals surface area (Å²) in [6.45, 7) is 5.94. The monoisotopic (exact) mass is 256 g/mol. The fourth-order valence-corrected chi connectivity index (χ4v) is 1.90. The maximum absolute atomic E-state index is 10.7. The van der Waals surface area contributed by atoms with Gasteiger partial charge in [0.05, 0.1) is 12.7 Å². The van der Waals surface area contributed by atoms with Gasteiger partial charge in [-0.05, 0) is 19.3 Å². The minimum atomic E-state index is -0.333. The highest BCUT2D eigenvalue weighted by atomic mass is 16.5. The SMILES string of the molecule is C=CC(=O)OCCCCCCCCC(O)CCC. The summed E-state index contributed by atoms with van der Waals surface area (Å²) in [7, 11) is 0. The summed E-state index contributed by atoms with van der Waals surface area (Å²) < 4.78 is 4.89. The van der Waals surface area contributed by atoms with Crippen LogP contribution in [-0.4, -0.2) is 23.8 Å². The minimum absolute atomic E-state index is 0.103. The lowest BCUT2D eigenvalue weighted by Crippen LogP contribution is -2.05. The van der Waals surface area contributed by atoms with Crippen molar-refractivity contribution in [2.24, 2.45) is 0 Å². The maximum atomic E-state index is 10.7. The summed E-state index contributed by atoms with van der Waals surface area (Å²) in [6, 6.07) is 0. The predicted octanol–water partition coefficient (Wildman–Crippen LogP) is 3.61. The van der Waals surface area contributed by atoms with Gasteiger partial charge in [0, 0.05) is 6.08 Å². The van der Waals surface area contributed by atoms with Crippen molar-refractivity contribution in [3.8, 4) is 0 Å². The molecule has 0 aromatic carbocycles. The van der Waals surface area contributed by atoms with Crippen LogP contribution in [0.2, 0.25) is 0 Å². The highest BCUT2D eigenvalue weighted by Crippen LogP contribution is 2.11. The maximum Gasteiger partial charge on any atom is 0.330 e. The van der Waals surface area contributed by atoms with E-state index in [4.69, 9.17) is 4.74 Å². The summed E-state index contributed by atoms with van der Waals surface area (Å²) in [4.78, 5) is 10.7. The summed E-state index contributed by atoms with van der Waals surface area (Å²) in [6.07, 6.45) is 10.7. The van der Waals surface area contributed by atoms with Gasteiger partial charge in [-0.25, -0.2) is 4.79 Å². The Morgan fingerprint density at radius 1 is 1.17 bits per heavy atom. The number of hydrogen-bond donors (Lipinski definition) is 1. The number of carbonyl (C=O) groups excluding carboxylic acids is 1. The smallest absolute Gasteiger partial charge is 0.330 e. The van der Waals surface area contributed by atoms with E-state index in [9.17, 15) is 9.90 Å². The Hall–Kier alpha value is -0.830. The van der Waals surface area contributed by atoms with E-state index in [2.05, 4.69) is 13.5 Å². The Bertz CT molecular complexity index is 214. The molecule has 0 aromatic rings. The van der Waals surface area contributed by atoms with Gasteiger partial charge in [0.1, 0.15) is 0 Å². The Labute approximate surface area is 111 Å². The number of esters is 1. The van der Waals surface area contributed by atoms with Crippen molar-refractivity contribution in [2.45, 2.75) is 70.8 Å². The van der Waals surface area contributed by atoms with Crippen molar-refractivity contribution in [3.05, 3.63) is 12.7 Å². The highest BCUT2D eigenvalue weighted by molar-refractivity contribution is 5.81. The third-order valence-corrected chi connectivity index (χ3v) is 2.96. The lowest BCUT2D eigenvalue weighted by molar-refractivity contribution is -0.137. The van der Waals surface area contributed by atoms with Crippen LogP contribution in [0.1, 0.15) is 64.7 Å². The molecule has 1 unspecified atom stereocenters. The standard InChI is InChI=1S/C15H28O3/c1-3-11-14(16)12-9-7-5-6-8-10-13-18-15(17)4-2/h4,14,16H,2-3,5-13H2,1H3. The molecule has 0 aliphatic carbocycles. The van der Waals surface area contributed by atoms with Crippen LogP contribution in [0.5, 0.6) is 0 Å². The molecule has 0 saturated carbocycles. The van der Waals surface area contributed by atoms with E-state index in [1.54, 1.807) is 0 Å². The van der Waals surface area contributed by atoms with Crippen molar-refractivity contribution < 1.29 is 14.6 Å². The van der Waals surface area contributed by atoms with Gasteiger partial charge in [-0.2, -0.15) is 0 Å². The molecule has 0 fully saturated rings. The predicted molar refractivity (Wildman–Crippen MR) is 74.4 cm³/mol. The third-order valence-electron chi connectivity index (χ3n) is 2.96.